The highest BCUT2D eigenvalue weighted by Crippen LogP contribution is 2.21. The molecule has 0 aliphatic heterocycles. The van der Waals surface area contributed by atoms with Crippen LogP contribution < -0.4 is 5.43 Å². The van der Waals surface area contributed by atoms with Crippen LogP contribution in [0.25, 0.3) is 11.3 Å². The highest BCUT2D eigenvalue weighted by Gasteiger charge is 2.12. The number of aromatic nitrogens is 2. The van der Waals surface area contributed by atoms with E-state index in [0.29, 0.717) is 17.0 Å². The molecule has 1 amide bonds. The number of nitrogens with one attached hydrogen (secondary N) is 2. The number of H-pyrrole nitrogens is 1. The molecule has 0 spiro atoms. The lowest BCUT2D eigenvalue weighted by molar-refractivity contribution is -0.384. The highest BCUT2D eigenvalue weighted by atomic mass is 16.6. The van der Waals surface area contributed by atoms with Crippen molar-refractivity contribution in [3.63, 3.8) is 0 Å². The molecule has 0 radical (unpaired) electrons. The number of nitrogens with zero attached hydrogens (tertiary/aromatic N) is 3. The first kappa shape index (κ1) is 19.0. The summed E-state index contributed by atoms with van der Waals surface area (Å²) in [5.74, 6) is -0.427. The molecule has 0 atom stereocenters. The van der Waals surface area contributed by atoms with Crippen LogP contribution in [0.3, 0.4) is 0 Å². The minimum atomic E-state index is -0.469. The number of carbonyl (C=O) groups excluding carboxylic acids is 1. The largest absolute Gasteiger partial charge is 0.289 e. The van der Waals surface area contributed by atoms with Gasteiger partial charge in [-0.15, -0.1) is 0 Å². The van der Waals surface area contributed by atoms with E-state index in [-0.39, 0.29) is 11.4 Å². The van der Waals surface area contributed by atoms with Crippen molar-refractivity contribution in [2.75, 3.05) is 0 Å². The van der Waals surface area contributed by atoms with Crippen LogP contribution in [0.15, 0.2) is 53.6 Å². The van der Waals surface area contributed by atoms with Crippen LogP contribution >= 0.6 is 0 Å². The minimum absolute atomic E-state index is 0.00285. The van der Waals surface area contributed by atoms with E-state index in [2.05, 4.69) is 20.7 Å². The van der Waals surface area contributed by atoms with Crippen molar-refractivity contribution in [1.82, 2.24) is 15.6 Å². The number of nitro benzene ring substituents is 1. The average Bonchev–Trinajstić information content (AvgIpc) is 3.18. The molecule has 0 saturated heterocycles. The van der Waals surface area contributed by atoms with Gasteiger partial charge in [0.1, 0.15) is 5.69 Å². The first-order valence-corrected chi connectivity index (χ1v) is 8.57. The third-order valence-electron chi connectivity index (χ3n) is 4.45. The van der Waals surface area contributed by atoms with Crippen molar-refractivity contribution in [1.29, 1.82) is 0 Å². The summed E-state index contributed by atoms with van der Waals surface area (Å²) in [6.45, 7) is 5.76. The number of hydrogen-bond donors (Lipinski definition) is 2. The third-order valence-corrected chi connectivity index (χ3v) is 4.45. The SMILES string of the molecule is CC(=NNC(=O)c1cc(-c2ccc(C)c(C)c2)n[nH]1)c1ccc([N+](=O)[O-])cc1. The first-order valence-electron chi connectivity index (χ1n) is 8.57. The Balaban J connectivity index is 1.71. The molecule has 142 valence electrons. The zero-order valence-electron chi connectivity index (χ0n) is 15.7. The van der Waals surface area contributed by atoms with Gasteiger partial charge >= 0.3 is 0 Å². The van der Waals surface area contributed by atoms with E-state index in [0.717, 1.165) is 11.1 Å². The lowest BCUT2D eigenvalue weighted by Crippen LogP contribution is -2.19. The van der Waals surface area contributed by atoms with E-state index in [1.165, 1.54) is 17.7 Å². The molecular formula is C20H19N5O3. The van der Waals surface area contributed by atoms with Crippen LogP contribution in [0, 0.1) is 24.0 Å². The zero-order valence-corrected chi connectivity index (χ0v) is 15.7. The van der Waals surface area contributed by atoms with Crippen molar-refractivity contribution < 1.29 is 9.72 Å². The van der Waals surface area contributed by atoms with Crippen molar-refractivity contribution in [2.45, 2.75) is 20.8 Å². The van der Waals surface area contributed by atoms with Crippen molar-refractivity contribution in [3.8, 4) is 11.3 Å². The highest BCUT2D eigenvalue weighted by molar-refractivity contribution is 6.00. The lowest BCUT2D eigenvalue weighted by atomic mass is 10.0. The van der Waals surface area contributed by atoms with E-state index in [1.54, 1.807) is 25.1 Å². The number of benzene rings is 2. The Morgan fingerprint density at radius 3 is 2.46 bits per heavy atom. The Kier molecular flexibility index (Phi) is 5.30. The molecule has 2 aromatic carbocycles. The second kappa shape index (κ2) is 7.83. The summed E-state index contributed by atoms with van der Waals surface area (Å²) < 4.78 is 0. The van der Waals surface area contributed by atoms with Crippen LogP contribution in [-0.4, -0.2) is 26.7 Å². The number of rotatable bonds is 5. The van der Waals surface area contributed by atoms with Gasteiger partial charge in [0.2, 0.25) is 0 Å². The monoisotopic (exact) mass is 377 g/mol. The quantitative estimate of drug-likeness (QED) is 0.400. The van der Waals surface area contributed by atoms with Gasteiger partial charge in [0.05, 0.1) is 16.3 Å². The van der Waals surface area contributed by atoms with Gasteiger partial charge in [-0.05, 0) is 61.7 Å². The second-order valence-corrected chi connectivity index (χ2v) is 6.41. The molecule has 28 heavy (non-hydrogen) atoms. The fraction of sp³-hybridized carbons (Fsp3) is 0.150. The number of hydrazone groups is 1. The molecule has 0 unspecified atom stereocenters. The first-order chi connectivity index (χ1) is 13.3. The maximum atomic E-state index is 12.3. The van der Waals surface area contributed by atoms with Gasteiger partial charge in [-0.1, -0.05) is 12.1 Å². The fourth-order valence-electron chi connectivity index (χ4n) is 2.57. The van der Waals surface area contributed by atoms with Gasteiger partial charge < -0.3 is 0 Å². The van der Waals surface area contributed by atoms with Gasteiger partial charge in [0.25, 0.3) is 11.6 Å². The van der Waals surface area contributed by atoms with Crippen molar-refractivity contribution >= 4 is 17.3 Å². The number of amides is 1. The van der Waals surface area contributed by atoms with Gasteiger partial charge in [-0.3, -0.25) is 20.0 Å². The molecule has 1 heterocycles. The summed E-state index contributed by atoms with van der Waals surface area (Å²) in [5, 5.41) is 21.7. The number of aryl methyl sites for hydroxylation is 2. The lowest BCUT2D eigenvalue weighted by Gasteiger charge is -2.02. The topological polar surface area (TPSA) is 113 Å². The Hall–Kier alpha value is -3.81. The maximum Gasteiger partial charge on any atom is 0.289 e. The Morgan fingerprint density at radius 2 is 1.82 bits per heavy atom. The molecular weight excluding hydrogens is 358 g/mol. The molecule has 0 bridgehead atoms. The number of hydrogen-bond acceptors (Lipinski definition) is 5. The van der Waals surface area contributed by atoms with Gasteiger partial charge in [-0.25, -0.2) is 5.43 Å². The number of nitro groups is 1. The van der Waals surface area contributed by atoms with E-state index >= 15 is 0 Å². The van der Waals surface area contributed by atoms with Crippen LogP contribution in [0.4, 0.5) is 5.69 Å². The average molecular weight is 377 g/mol. The Labute approximate surface area is 161 Å². The normalized spacial score (nSPS) is 11.3. The van der Waals surface area contributed by atoms with Gasteiger partial charge in [0.15, 0.2) is 0 Å². The molecule has 0 aliphatic carbocycles. The molecule has 0 aliphatic rings. The molecule has 3 aromatic rings. The smallest absolute Gasteiger partial charge is 0.272 e. The summed E-state index contributed by atoms with van der Waals surface area (Å²) in [5.41, 5.74) is 7.87. The van der Waals surface area contributed by atoms with E-state index in [4.69, 9.17) is 0 Å². The van der Waals surface area contributed by atoms with E-state index in [9.17, 15) is 14.9 Å². The van der Waals surface area contributed by atoms with E-state index < -0.39 is 10.8 Å². The van der Waals surface area contributed by atoms with Crippen molar-refractivity contribution in [2.24, 2.45) is 5.10 Å². The van der Waals surface area contributed by atoms with Crippen molar-refractivity contribution in [3.05, 3.63) is 81.0 Å². The second-order valence-electron chi connectivity index (χ2n) is 6.41. The minimum Gasteiger partial charge on any atom is -0.272 e. The zero-order chi connectivity index (χ0) is 20.3. The number of non-ortho nitro benzene ring substituents is 1. The van der Waals surface area contributed by atoms with Crippen LogP contribution in [0.1, 0.15) is 34.1 Å². The predicted molar refractivity (Wildman–Crippen MR) is 106 cm³/mol. The molecule has 1 aromatic heterocycles. The van der Waals surface area contributed by atoms with Crippen LogP contribution in [0.5, 0.6) is 0 Å². The summed E-state index contributed by atoms with van der Waals surface area (Å²) in [7, 11) is 0. The molecule has 0 fully saturated rings. The van der Waals surface area contributed by atoms with Crippen LogP contribution in [-0.2, 0) is 0 Å². The molecule has 2 N–H and O–H groups in total. The third kappa shape index (κ3) is 4.12. The summed E-state index contributed by atoms with van der Waals surface area (Å²) in [6.07, 6.45) is 0. The maximum absolute atomic E-state index is 12.3. The molecule has 8 nitrogen and oxygen atoms in total. The molecule has 0 saturated carbocycles. The number of aromatic amines is 1. The summed E-state index contributed by atoms with van der Waals surface area (Å²) in [6, 6.07) is 13.6. The Morgan fingerprint density at radius 1 is 1.11 bits per heavy atom. The Bertz CT molecular complexity index is 1070. The van der Waals surface area contributed by atoms with Gasteiger partial charge in [-0.2, -0.15) is 10.2 Å². The fourth-order valence-corrected chi connectivity index (χ4v) is 2.57. The standard InChI is InChI=1S/C20H19N5O3/c1-12-4-5-16(10-13(12)2)18-11-19(23-22-18)20(26)24-21-14(3)15-6-8-17(9-7-15)25(27)28/h4-11H,1-3H3,(H,22,23)(H,24,26). The summed E-state index contributed by atoms with van der Waals surface area (Å²) >= 11 is 0. The summed E-state index contributed by atoms with van der Waals surface area (Å²) in [4.78, 5) is 22.5. The van der Waals surface area contributed by atoms with Gasteiger partial charge in [0, 0.05) is 17.7 Å². The number of carbonyl (C=O) groups is 1. The predicted octanol–water partition coefficient (Wildman–Crippen LogP) is 3.76. The molecule has 3 rings (SSSR count). The molecule has 8 heteroatoms. The van der Waals surface area contributed by atoms with E-state index in [1.807, 2.05) is 32.0 Å². The van der Waals surface area contributed by atoms with Crippen LogP contribution in [0.2, 0.25) is 0 Å².